The molecule has 0 aliphatic carbocycles. The van der Waals surface area contributed by atoms with Gasteiger partial charge in [-0.3, -0.25) is 4.79 Å². The van der Waals surface area contributed by atoms with E-state index >= 15 is 0 Å². The van der Waals surface area contributed by atoms with Crippen LogP contribution in [0.2, 0.25) is 0 Å². The van der Waals surface area contributed by atoms with Crippen molar-refractivity contribution in [1.29, 1.82) is 0 Å². The van der Waals surface area contributed by atoms with Gasteiger partial charge in [0.05, 0.1) is 0 Å². The summed E-state index contributed by atoms with van der Waals surface area (Å²) in [7, 11) is 0. The molecule has 0 fully saturated rings. The van der Waals surface area contributed by atoms with E-state index in [9.17, 15) is 9.90 Å². The molecule has 0 spiro atoms. The highest BCUT2D eigenvalue weighted by molar-refractivity contribution is 9.10. The molecule has 1 atom stereocenters. The maximum absolute atomic E-state index is 11.4. The summed E-state index contributed by atoms with van der Waals surface area (Å²) in [6, 6.07) is 13.3. The first-order valence-electron chi connectivity index (χ1n) is 5.70. The van der Waals surface area contributed by atoms with E-state index in [1.807, 2.05) is 36.4 Å². The van der Waals surface area contributed by atoms with Gasteiger partial charge in [-0.1, -0.05) is 42.1 Å². The SMILES string of the molecule is O=C(O)C(Cc1ccccc1)Sc1ncccc1Br. The number of nitrogens with zero attached hydrogens (tertiary/aromatic N) is 1. The van der Waals surface area contributed by atoms with Gasteiger partial charge in [0, 0.05) is 10.7 Å². The van der Waals surface area contributed by atoms with Gasteiger partial charge in [-0.2, -0.15) is 0 Å². The Morgan fingerprint density at radius 2 is 2.00 bits per heavy atom. The van der Waals surface area contributed by atoms with Gasteiger partial charge in [0.15, 0.2) is 0 Å². The lowest BCUT2D eigenvalue weighted by atomic mass is 10.1. The molecule has 98 valence electrons. The van der Waals surface area contributed by atoms with E-state index in [2.05, 4.69) is 20.9 Å². The van der Waals surface area contributed by atoms with Crippen LogP contribution in [0.15, 0.2) is 58.2 Å². The predicted octanol–water partition coefficient (Wildman–Crippen LogP) is 3.63. The molecule has 0 saturated heterocycles. The highest BCUT2D eigenvalue weighted by Crippen LogP contribution is 2.30. The lowest BCUT2D eigenvalue weighted by Crippen LogP contribution is -2.19. The summed E-state index contributed by atoms with van der Waals surface area (Å²) >= 11 is 4.64. The summed E-state index contributed by atoms with van der Waals surface area (Å²) < 4.78 is 0.819. The van der Waals surface area contributed by atoms with Crippen molar-refractivity contribution in [2.24, 2.45) is 0 Å². The summed E-state index contributed by atoms with van der Waals surface area (Å²) in [4.78, 5) is 15.6. The van der Waals surface area contributed by atoms with Gasteiger partial charge in [-0.25, -0.2) is 4.98 Å². The highest BCUT2D eigenvalue weighted by atomic mass is 79.9. The Kier molecular flexibility index (Phi) is 4.99. The van der Waals surface area contributed by atoms with Crippen LogP contribution in [0.5, 0.6) is 0 Å². The topological polar surface area (TPSA) is 50.2 Å². The molecular formula is C14H12BrNO2S. The molecule has 0 amide bonds. The monoisotopic (exact) mass is 337 g/mol. The van der Waals surface area contributed by atoms with E-state index in [0.717, 1.165) is 10.0 Å². The first-order chi connectivity index (χ1) is 9.16. The summed E-state index contributed by atoms with van der Waals surface area (Å²) in [6.45, 7) is 0. The molecule has 0 aliphatic heterocycles. The van der Waals surface area contributed by atoms with Crippen LogP contribution in [0, 0.1) is 0 Å². The number of hydrogen-bond acceptors (Lipinski definition) is 3. The molecule has 2 rings (SSSR count). The molecule has 5 heteroatoms. The van der Waals surface area contributed by atoms with Crippen molar-refractivity contribution in [3.05, 3.63) is 58.7 Å². The zero-order valence-electron chi connectivity index (χ0n) is 9.99. The summed E-state index contributed by atoms with van der Waals surface area (Å²) in [6.07, 6.45) is 2.14. The molecule has 3 nitrogen and oxygen atoms in total. The second-order valence-corrected chi connectivity index (χ2v) is 5.97. The number of hydrogen-bond donors (Lipinski definition) is 1. The van der Waals surface area contributed by atoms with Crippen LogP contribution < -0.4 is 0 Å². The van der Waals surface area contributed by atoms with Crippen LogP contribution in [0.4, 0.5) is 0 Å². The molecule has 1 heterocycles. The molecule has 1 unspecified atom stereocenters. The minimum atomic E-state index is -0.827. The smallest absolute Gasteiger partial charge is 0.317 e. The van der Waals surface area contributed by atoms with E-state index in [1.54, 1.807) is 12.3 Å². The normalized spacial score (nSPS) is 12.1. The Balaban J connectivity index is 2.13. The molecule has 1 aromatic carbocycles. The minimum Gasteiger partial charge on any atom is -0.480 e. The number of carbonyl (C=O) groups is 1. The van der Waals surface area contributed by atoms with Crippen molar-refractivity contribution >= 4 is 33.7 Å². The Hall–Kier alpha value is -1.33. The quantitative estimate of drug-likeness (QED) is 0.846. The lowest BCUT2D eigenvalue weighted by molar-refractivity contribution is -0.136. The molecule has 0 radical (unpaired) electrons. The number of carboxylic acids is 1. The van der Waals surface area contributed by atoms with Gasteiger partial charge in [-0.05, 0) is 40.0 Å². The maximum Gasteiger partial charge on any atom is 0.317 e. The number of carboxylic acid groups (broad SMARTS) is 1. The zero-order valence-corrected chi connectivity index (χ0v) is 12.4. The second-order valence-electron chi connectivity index (χ2n) is 3.92. The van der Waals surface area contributed by atoms with Gasteiger partial charge in [-0.15, -0.1) is 0 Å². The third kappa shape index (κ3) is 4.08. The van der Waals surface area contributed by atoms with Gasteiger partial charge in [0.2, 0.25) is 0 Å². The van der Waals surface area contributed by atoms with Crippen molar-refractivity contribution in [3.8, 4) is 0 Å². The van der Waals surface area contributed by atoms with Gasteiger partial charge in [0.1, 0.15) is 10.3 Å². The Morgan fingerprint density at radius 1 is 1.26 bits per heavy atom. The lowest BCUT2D eigenvalue weighted by Gasteiger charge is -2.12. The van der Waals surface area contributed by atoms with Gasteiger partial charge >= 0.3 is 5.97 Å². The van der Waals surface area contributed by atoms with Crippen molar-refractivity contribution in [2.75, 3.05) is 0 Å². The standard InChI is InChI=1S/C14H12BrNO2S/c15-11-7-4-8-16-13(11)19-12(14(17)18)9-10-5-2-1-3-6-10/h1-8,12H,9H2,(H,17,18). The fourth-order valence-corrected chi connectivity index (χ4v) is 3.08. The van der Waals surface area contributed by atoms with Crippen LogP contribution in [0.1, 0.15) is 5.56 Å². The summed E-state index contributed by atoms with van der Waals surface area (Å²) in [5.41, 5.74) is 1.01. The number of thioether (sulfide) groups is 1. The van der Waals surface area contributed by atoms with Crippen molar-refractivity contribution in [1.82, 2.24) is 4.98 Å². The average molecular weight is 338 g/mol. The number of rotatable bonds is 5. The van der Waals surface area contributed by atoms with E-state index < -0.39 is 11.2 Å². The van der Waals surface area contributed by atoms with Crippen molar-refractivity contribution in [2.45, 2.75) is 16.7 Å². The van der Waals surface area contributed by atoms with E-state index in [0.29, 0.717) is 11.4 Å². The van der Waals surface area contributed by atoms with Crippen molar-refractivity contribution < 1.29 is 9.90 Å². The third-order valence-corrected chi connectivity index (χ3v) is 4.62. The zero-order chi connectivity index (χ0) is 13.7. The molecule has 0 bridgehead atoms. The maximum atomic E-state index is 11.4. The molecule has 0 saturated carbocycles. The van der Waals surface area contributed by atoms with Crippen molar-refractivity contribution in [3.63, 3.8) is 0 Å². The van der Waals surface area contributed by atoms with Crippen LogP contribution in [-0.2, 0) is 11.2 Å². The highest BCUT2D eigenvalue weighted by Gasteiger charge is 2.21. The number of benzene rings is 1. The van der Waals surface area contributed by atoms with Crippen LogP contribution >= 0.6 is 27.7 Å². The molecule has 0 aliphatic rings. The van der Waals surface area contributed by atoms with Crippen LogP contribution in [0.3, 0.4) is 0 Å². The molecular weight excluding hydrogens is 326 g/mol. The Morgan fingerprint density at radius 3 is 2.63 bits per heavy atom. The van der Waals surface area contributed by atoms with Crippen LogP contribution in [-0.4, -0.2) is 21.3 Å². The molecule has 2 aromatic rings. The van der Waals surface area contributed by atoms with Crippen LogP contribution in [0.25, 0.3) is 0 Å². The Bertz CT molecular complexity index is 562. The number of pyridine rings is 1. The number of halogens is 1. The van der Waals surface area contributed by atoms with E-state index in [-0.39, 0.29) is 0 Å². The predicted molar refractivity (Wildman–Crippen MR) is 79.4 cm³/mol. The van der Waals surface area contributed by atoms with E-state index in [4.69, 9.17) is 0 Å². The first-order valence-corrected chi connectivity index (χ1v) is 7.38. The number of aliphatic carboxylic acids is 1. The van der Waals surface area contributed by atoms with Gasteiger partial charge < -0.3 is 5.11 Å². The second kappa shape index (κ2) is 6.73. The largest absolute Gasteiger partial charge is 0.480 e. The Labute approximate surface area is 124 Å². The summed E-state index contributed by atoms with van der Waals surface area (Å²) in [5.74, 6) is -0.827. The third-order valence-electron chi connectivity index (χ3n) is 2.52. The van der Waals surface area contributed by atoms with E-state index in [1.165, 1.54) is 11.8 Å². The molecule has 1 N–H and O–H groups in total. The fourth-order valence-electron chi connectivity index (χ4n) is 1.60. The molecule has 19 heavy (non-hydrogen) atoms. The minimum absolute atomic E-state index is 0.476. The summed E-state index contributed by atoms with van der Waals surface area (Å²) in [5, 5.41) is 9.48. The van der Waals surface area contributed by atoms with Gasteiger partial charge in [0.25, 0.3) is 0 Å². The first kappa shape index (κ1) is 14.1. The molecule has 1 aromatic heterocycles. The number of aromatic nitrogens is 1. The fraction of sp³-hybridized carbons (Fsp3) is 0.143. The average Bonchev–Trinajstić information content (AvgIpc) is 2.41.